The van der Waals surface area contributed by atoms with E-state index in [9.17, 15) is 4.79 Å². The van der Waals surface area contributed by atoms with Crippen LogP contribution in [-0.2, 0) is 4.79 Å². The predicted octanol–water partition coefficient (Wildman–Crippen LogP) is 0.784. The van der Waals surface area contributed by atoms with E-state index < -0.39 is 0 Å². The van der Waals surface area contributed by atoms with Crippen LogP contribution in [0.25, 0.3) is 0 Å². The zero-order valence-corrected chi connectivity index (χ0v) is 10.3. The molecule has 0 fully saturated rings. The Morgan fingerprint density at radius 2 is 2.44 bits per heavy atom. The molecule has 0 saturated carbocycles. The minimum absolute atomic E-state index is 0.00526. The van der Waals surface area contributed by atoms with E-state index in [0.717, 1.165) is 12.8 Å². The van der Waals surface area contributed by atoms with Crippen molar-refractivity contribution < 1.29 is 4.79 Å². The molecule has 0 aliphatic rings. The van der Waals surface area contributed by atoms with Crippen molar-refractivity contribution in [2.45, 2.75) is 37.9 Å². The number of aromatic amines is 1. The monoisotopic (exact) mass is 243 g/mol. The highest BCUT2D eigenvalue weighted by Crippen LogP contribution is 2.12. The Bertz CT molecular complexity index is 340. The molecule has 1 aromatic rings. The number of amides is 1. The summed E-state index contributed by atoms with van der Waals surface area (Å²) in [5.74, 6) is 0.572. The molecule has 1 atom stereocenters. The van der Waals surface area contributed by atoms with Gasteiger partial charge in [0.1, 0.15) is 0 Å². The summed E-state index contributed by atoms with van der Waals surface area (Å²) in [5, 5.41) is 9.74. The average Bonchev–Trinajstić information content (AvgIpc) is 2.61. The van der Waals surface area contributed by atoms with Crippen molar-refractivity contribution in [1.29, 1.82) is 0 Å². The lowest BCUT2D eigenvalue weighted by Gasteiger charge is -2.11. The number of nitrogens with one attached hydrogen (secondary N) is 2. The number of nitrogens with two attached hydrogens (primary N) is 1. The van der Waals surface area contributed by atoms with Gasteiger partial charge in [-0.05, 0) is 13.3 Å². The maximum absolute atomic E-state index is 11.5. The van der Waals surface area contributed by atoms with Crippen molar-refractivity contribution in [3.63, 3.8) is 0 Å². The summed E-state index contributed by atoms with van der Waals surface area (Å²) in [4.78, 5) is 15.4. The van der Waals surface area contributed by atoms with E-state index in [0.29, 0.717) is 10.9 Å². The zero-order chi connectivity index (χ0) is 12.0. The smallest absolute Gasteiger partial charge is 0.230 e. The van der Waals surface area contributed by atoms with E-state index in [1.165, 1.54) is 11.8 Å². The molecule has 0 aliphatic heterocycles. The minimum Gasteiger partial charge on any atom is -0.368 e. The van der Waals surface area contributed by atoms with Gasteiger partial charge in [-0.15, -0.1) is 5.10 Å². The summed E-state index contributed by atoms with van der Waals surface area (Å²) < 4.78 is 0. The van der Waals surface area contributed by atoms with E-state index >= 15 is 0 Å². The van der Waals surface area contributed by atoms with Crippen LogP contribution in [0.15, 0.2) is 5.16 Å². The molecule has 1 heterocycles. The number of aromatic nitrogens is 3. The first-order valence-corrected chi connectivity index (χ1v) is 6.20. The molecule has 0 aliphatic carbocycles. The highest BCUT2D eigenvalue weighted by molar-refractivity contribution is 7.99. The fourth-order valence-electron chi connectivity index (χ4n) is 1.27. The van der Waals surface area contributed by atoms with Crippen molar-refractivity contribution >= 4 is 23.6 Å². The van der Waals surface area contributed by atoms with Crippen LogP contribution in [0.4, 0.5) is 5.95 Å². The molecule has 6 nitrogen and oxygen atoms in total. The molecular weight excluding hydrogens is 226 g/mol. The van der Waals surface area contributed by atoms with Gasteiger partial charge in [-0.1, -0.05) is 25.1 Å². The number of carbonyl (C=O) groups excluding carboxylic acids is 1. The summed E-state index contributed by atoms with van der Waals surface area (Å²) in [7, 11) is 0. The molecule has 1 rings (SSSR count). The van der Waals surface area contributed by atoms with Crippen LogP contribution in [0.2, 0.25) is 0 Å². The second kappa shape index (κ2) is 6.37. The van der Waals surface area contributed by atoms with Gasteiger partial charge in [0, 0.05) is 6.04 Å². The van der Waals surface area contributed by atoms with Gasteiger partial charge in [0.2, 0.25) is 17.0 Å². The van der Waals surface area contributed by atoms with Crippen molar-refractivity contribution in [3.8, 4) is 0 Å². The fourth-order valence-corrected chi connectivity index (χ4v) is 1.89. The number of nitrogens with zero attached hydrogens (tertiary/aromatic N) is 2. The first-order valence-electron chi connectivity index (χ1n) is 5.21. The molecule has 0 bridgehead atoms. The van der Waals surface area contributed by atoms with Gasteiger partial charge in [-0.25, -0.2) is 5.10 Å². The van der Waals surface area contributed by atoms with Crippen LogP contribution in [0.1, 0.15) is 26.7 Å². The van der Waals surface area contributed by atoms with Crippen molar-refractivity contribution in [1.82, 2.24) is 20.5 Å². The van der Waals surface area contributed by atoms with Gasteiger partial charge in [0.25, 0.3) is 0 Å². The van der Waals surface area contributed by atoms with E-state index in [1.54, 1.807) is 0 Å². The molecule has 7 heteroatoms. The number of carbonyl (C=O) groups is 1. The molecule has 16 heavy (non-hydrogen) atoms. The molecule has 1 amide bonds. The third kappa shape index (κ3) is 4.52. The van der Waals surface area contributed by atoms with Gasteiger partial charge in [0.15, 0.2) is 0 Å². The Balaban J connectivity index is 2.25. The summed E-state index contributed by atoms with van der Waals surface area (Å²) in [6, 6.07) is 0.218. The lowest BCUT2D eigenvalue weighted by Crippen LogP contribution is -2.33. The number of anilines is 1. The predicted molar refractivity (Wildman–Crippen MR) is 64.0 cm³/mol. The Morgan fingerprint density at radius 1 is 1.69 bits per heavy atom. The van der Waals surface area contributed by atoms with E-state index in [4.69, 9.17) is 5.73 Å². The van der Waals surface area contributed by atoms with Gasteiger partial charge >= 0.3 is 0 Å². The molecule has 0 radical (unpaired) electrons. The molecule has 90 valence electrons. The zero-order valence-electron chi connectivity index (χ0n) is 9.49. The number of hydrogen-bond donors (Lipinski definition) is 3. The quantitative estimate of drug-likeness (QED) is 0.642. The molecule has 1 aromatic heterocycles. The van der Waals surface area contributed by atoms with Gasteiger partial charge in [-0.3, -0.25) is 4.79 Å². The number of hydrogen-bond acceptors (Lipinski definition) is 5. The Hall–Kier alpha value is -1.24. The molecule has 0 aromatic carbocycles. The summed E-state index contributed by atoms with van der Waals surface area (Å²) in [5.41, 5.74) is 5.36. The fraction of sp³-hybridized carbons (Fsp3) is 0.667. The van der Waals surface area contributed by atoms with E-state index in [1.807, 2.05) is 6.92 Å². The Labute approximate surface area is 98.8 Å². The lowest BCUT2D eigenvalue weighted by molar-refractivity contribution is -0.119. The maximum Gasteiger partial charge on any atom is 0.230 e. The maximum atomic E-state index is 11.5. The van der Waals surface area contributed by atoms with Crippen LogP contribution in [0, 0.1) is 0 Å². The molecule has 4 N–H and O–H groups in total. The van der Waals surface area contributed by atoms with Crippen LogP contribution in [-0.4, -0.2) is 32.9 Å². The molecule has 0 saturated heterocycles. The third-order valence-electron chi connectivity index (χ3n) is 1.94. The second-order valence-corrected chi connectivity index (χ2v) is 4.49. The lowest BCUT2D eigenvalue weighted by atomic mass is 10.2. The molecular formula is C9H17N5OS. The normalized spacial score (nSPS) is 12.4. The minimum atomic E-state index is -0.00526. The number of nitrogen functional groups attached to an aromatic ring is 1. The number of rotatable bonds is 6. The summed E-state index contributed by atoms with van der Waals surface area (Å²) >= 11 is 1.26. The van der Waals surface area contributed by atoms with Crippen LogP contribution >= 0.6 is 11.8 Å². The van der Waals surface area contributed by atoms with Crippen molar-refractivity contribution in [2.24, 2.45) is 0 Å². The third-order valence-corrected chi connectivity index (χ3v) is 2.79. The van der Waals surface area contributed by atoms with Gasteiger partial charge < -0.3 is 11.1 Å². The Morgan fingerprint density at radius 3 is 3.00 bits per heavy atom. The van der Waals surface area contributed by atoms with E-state index in [-0.39, 0.29) is 17.9 Å². The topological polar surface area (TPSA) is 96.7 Å². The largest absolute Gasteiger partial charge is 0.368 e. The van der Waals surface area contributed by atoms with Gasteiger partial charge in [-0.2, -0.15) is 4.98 Å². The highest BCUT2D eigenvalue weighted by atomic mass is 32.2. The summed E-state index contributed by atoms with van der Waals surface area (Å²) in [6.07, 6.45) is 2.05. The van der Waals surface area contributed by atoms with Crippen LogP contribution < -0.4 is 11.1 Å². The SMILES string of the molecule is CCCC(C)NC(=O)CSc1n[nH]c(N)n1. The summed E-state index contributed by atoms with van der Waals surface area (Å²) in [6.45, 7) is 4.09. The second-order valence-electron chi connectivity index (χ2n) is 3.55. The molecule has 0 spiro atoms. The van der Waals surface area contributed by atoms with Crippen LogP contribution in [0.5, 0.6) is 0 Å². The van der Waals surface area contributed by atoms with Crippen molar-refractivity contribution in [3.05, 3.63) is 0 Å². The Kier molecular flexibility index (Phi) is 5.10. The average molecular weight is 243 g/mol. The number of thioether (sulfide) groups is 1. The van der Waals surface area contributed by atoms with Crippen molar-refractivity contribution in [2.75, 3.05) is 11.5 Å². The first-order chi connectivity index (χ1) is 7.61. The number of H-pyrrole nitrogens is 1. The standard InChI is InChI=1S/C9H17N5OS/c1-3-4-6(2)11-7(15)5-16-9-12-8(10)13-14-9/h6H,3-5H2,1-2H3,(H,11,15)(H3,10,12,13,14). The molecule has 1 unspecified atom stereocenters. The van der Waals surface area contributed by atoms with Crippen LogP contribution in [0.3, 0.4) is 0 Å². The highest BCUT2D eigenvalue weighted by Gasteiger charge is 2.08. The van der Waals surface area contributed by atoms with Gasteiger partial charge in [0.05, 0.1) is 5.75 Å². The first kappa shape index (κ1) is 12.8. The van der Waals surface area contributed by atoms with E-state index in [2.05, 4.69) is 27.4 Å².